The Balaban J connectivity index is 1.58. The summed E-state index contributed by atoms with van der Waals surface area (Å²) in [6.45, 7) is 0. The van der Waals surface area contributed by atoms with Gasteiger partial charge in [0.15, 0.2) is 6.20 Å². The van der Waals surface area contributed by atoms with Crippen LogP contribution in [-0.4, -0.2) is 7.05 Å². The zero-order chi connectivity index (χ0) is 22.6. The molecule has 0 unspecified atom stereocenters. The highest BCUT2D eigenvalue weighted by Gasteiger charge is 2.12. The summed E-state index contributed by atoms with van der Waals surface area (Å²) in [6.07, 6.45) is 15.3. The van der Waals surface area contributed by atoms with Gasteiger partial charge in [0.05, 0.1) is 5.39 Å². The van der Waals surface area contributed by atoms with Crippen LogP contribution in [0.25, 0.3) is 28.1 Å². The van der Waals surface area contributed by atoms with E-state index in [0.717, 1.165) is 0 Å². The molecule has 2 heteroatoms. The minimum Gasteiger partial charge on any atom is -0.351 e. The fourth-order valence-electron chi connectivity index (χ4n) is 4.30. The van der Waals surface area contributed by atoms with Crippen molar-refractivity contribution in [2.75, 3.05) is 11.9 Å². The van der Waals surface area contributed by atoms with Gasteiger partial charge in [-0.25, -0.2) is 4.57 Å². The first kappa shape index (κ1) is 20.7. The SMILES string of the molecule is CN1C=CC(=CC=C(C=Cc2cc[n+](C)c3ccccc23)c2ccccc2)c2ccccc21. The van der Waals surface area contributed by atoms with Crippen molar-refractivity contribution in [3.63, 3.8) is 0 Å². The maximum atomic E-state index is 2.22. The summed E-state index contributed by atoms with van der Waals surface area (Å²) in [5, 5.41) is 1.25. The van der Waals surface area contributed by atoms with Crippen molar-refractivity contribution in [3.8, 4) is 0 Å². The van der Waals surface area contributed by atoms with E-state index in [1.807, 2.05) is 0 Å². The van der Waals surface area contributed by atoms with Crippen molar-refractivity contribution >= 4 is 33.8 Å². The van der Waals surface area contributed by atoms with Crippen LogP contribution in [0.1, 0.15) is 16.7 Å². The summed E-state index contributed by atoms with van der Waals surface area (Å²) in [7, 11) is 4.18. The number of fused-ring (bicyclic) bond motifs is 2. The van der Waals surface area contributed by atoms with Gasteiger partial charge in [-0.2, -0.15) is 0 Å². The monoisotopic (exact) mass is 427 g/mol. The molecule has 2 heterocycles. The molecule has 0 aliphatic carbocycles. The number of anilines is 1. The van der Waals surface area contributed by atoms with Crippen LogP contribution in [0.15, 0.2) is 122 Å². The van der Waals surface area contributed by atoms with E-state index in [9.17, 15) is 0 Å². The van der Waals surface area contributed by atoms with Gasteiger partial charge in [0, 0.05) is 36.6 Å². The zero-order valence-electron chi connectivity index (χ0n) is 19.0. The van der Waals surface area contributed by atoms with E-state index >= 15 is 0 Å². The number of benzene rings is 3. The molecule has 0 amide bonds. The molecule has 1 aliphatic heterocycles. The van der Waals surface area contributed by atoms with E-state index in [2.05, 4.69) is 151 Å². The Kier molecular flexibility index (Phi) is 5.73. The summed E-state index contributed by atoms with van der Waals surface area (Å²) in [4.78, 5) is 2.16. The predicted octanol–water partition coefficient (Wildman–Crippen LogP) is 6.81. The standard InChI is InChI=1S/C31H27N2/c1-32-22-20-26(28-12-6-8-14-30(28)32)18-16-25(24-10-4-3-5-11-24)17-19-27-21-23-33(2)31-15-9-7-13-29(27)31/h3-23H,1-2H3/q+1. The molecule has 4 aromatic rings. The topological polar surface area (TPSA) is 7.12 Å². The highest BCUT2D eigenvalue weighted by Crippen LogP contribution is 2.32. The van der Waals surface area contributed by atoms with Crippen LogP contribution in [-0.2, 0) is 7.05 Å². The van der Waals surface area contributed by atoms with E-state index in [0.29, 0.717) is 0 Å². The van der Waals surface area contributed by atoms with E-state index in [-0.39, 0.29) is 0 Å². The lowest BCUT2D eigenvalue weighted by atomic mass is 9.98. The van der Waals surface area contributed by atoms with Crippen LogP contribution in [0, 0.1) is 0 Å². The Labute approximate surface area is 195 Å². The number of rotatable bonds is 4. The molecule has 0 fully saturated rings. The molecule has 0 bridgehead atoms. The van der Waals surface area contributed by atoms with Gasteiger partial charge in [0.1, 0.15) is 7.05 Å². The van der Waals surface area contributed by atoms with Gasteiger partial charge in [-0.3, -0.25) is 0 Å². The summed E-state index contributed by atoms with van der Waals surface area (Å²) in [5.41, 5.74) is 8.48. The Morgan fingerprint density at radius 3 is 2.48 bits per heavy atom. The second kappa shape index (κ2) is 9.13. The van der Waals surface area contributed by atoms with E-state index < -0.39 is 0 Å². The second-order valence-electron chi connectivity index (χ2n) is 8.29. The molecule has 2 nitrogen and oxygen atoms in total. The first-order valence-electron chi connectivity index (χ1n) is 11.2. The van der Waals surface area contributed by atoms with Crippen LogP contribution >= 0.6 is 0 Å². The third-order valence-corrected chi connectivity index (χ3v) is 6.14. The molecular weight excluding hydrogens is 400 g/mol. The minimum absolute atomic E-state index is 1.17. The molecule has 0 saturated heterocycles. The Morgan fingerprint density at radius 1 is 0.848 bits per heavy atom. The molecule has 1 aromatic heterocycles. The quantitative estimate of drug-likeness (QED) is 0.256. The molecule has 33 heavy (non-hydrogen) atoms. The molecule has 0 spiro atoms. The van der Waals surface area contributed by atoms with Crippen molar-refractivity contribution in [1.29, 1.82) is 0 Å². The zero-order valence-corrected chi connectivity index (χ0v) is 19.0. The van der Waals surface area contributed by atoms with Crippen LogP contribution < -0.4 is 9.47 Å². The minimum atomic E-state index is 1.17. The first-order valence-corrected chi connectivity index (χ1v) is 11.2. The predicted molar refractivity (Wildman–Crippen MR) is 141 cm³/mol. The molecule has 1 aliphatic rings. The van der Waals surface area contributed by atoms with Gasteiger partial charge < -0.3 is 4.90 Å². The third kappa shape index (κ3) is 4.28. The summed E-state index contributed by atoms with van der Waals surface area (Å²) >= 11 is 0. The highest BCUT2D eigenvalue weighted by molar-refractivity contribution is 5.91. The maximum Gasteiger partial charge on any atom is 0.212 e. The largest absolute Gasteiger partial charge is 0.351 e. The van der Waals surface area contributed by atoms with Crippen LogP contribution in [0.2, 0.25) is 0 Å². The second-order valence-corrected chi connectivity index (χ2v) is 8.29. The summed E-state index contributed by atoms with van der Waals surface area (Å²) < 4.78 is 2.16. The van der Waals surface area contributed by atoms with Gasteiger partial charge in [0.2, 0.25) is 5.52 Å². The van der Waals surface area contributed by atoms with Crippen molar-refractivity contribution in [1.82, 2.24) is 0 Å². The van der Waals surface area contributed by atoms with Crippen molar-refractivity contribution in [3.05, 3.63) is 138 Å². The average Bonchev–Trinajstić information content (AvgIpc) is 2.87. The van der Waals surface area contributed by atoms with E-state index in [1.165, 1.54) is 44.4 Å². The lowest BCUT2D eigenvalue weighted by molar-refractivity contribution is -0.644. The van der Waals surface area contributed by atoms with Crippen molar-refractivity contribution < 1.29 is 4.57 Å². The number of aromatic nitrogens is 1. The molecule has 0 atom stereocenters. The normalized spacial score (nSPS) is 14.9. The number of allylic oxidation sites excluding steroid dienone is 6. The molecule has 0 N–H and O–H groups in total. The smallest absolute Gasteiger partial charge is 0.212 e. The van der Waals surface area contributed by atoms with Gasteiger partial charge in [-0.05, 0) is 40.5 Å². The molecule has 5 rings (SSSR count). The Hall–Kier alpha value is -4.17. The van der Waals surface area contributed by atoms with Gasteiger partial charge >= 0.3 is 0 Å². The molecule has 0 saturated carbocycles. The summed E-state index contributed by atoms with van der Waals surface area (Å²) in [5.74, 6) is 0. The van der Waals surface area contributed by atoms with Crippen LogP contribution in [0.3, 0.4) is 0 Å². The van der Waals surface area contributed by atoms with Gasteiger partial charge in [-0.1, -0.05) is 85.0 Å². The summed E-state index contributed by atoms with van der Waals surface area (Å²) in [6, 6.07) is 29.8. The Bertz CT molecular complexity index is 1420. The number of aryl methyl sites for hydroxylation is 1. The number of para-hydroxylation sites is 2. The van der Waals surface area contributed by atoms with Gasteiger partial charge in [0.25, 0.3) is 0 Å². The lowest BCUT2D eigenvalue weighted by Crippen LogP contribution is -2.28. The Morgan fingerprint density at radius 2 is 1.61 bits per heavy atom. The van der Waals surface area contributed by atoms with Gasteiger partial charge in [-0.15, -0.1) is 0 Å². The van der Waals surface area contributed by atoms with Crippen LogP contribution in [0.5, 0.6) is 0 Å². The first-order chi connectivity index (χ1) is 16.2. The van der Waals surface area contributed by atoms with Crippen molar-refractivity contribution in [2.45, 2.75) is 0 Å². The average molecular weight is 428 g/mol. The van der Waals surface area contributed by atoms with Crippen LogP contribution in [0.4, 0.5) is 5.69 Å². The van der Waals surface area contributed by atoms with E-state index in [4.69, 9.17) is 0 Å². The lowest BCUT2D eigenvalue weighted by Gasteiger charge is -2.23. The number of hydrogen-bond donors (Lipinski definition) is 0. The number of pyridine rings is 1. The molecule has 3 aromatic carbocycles. The third-order valence-electron chi connectivity index (χ3n) is 6.14. The number of hydrogen-bond acceptors (Lipinski definition) is 1. The highest BCUT2D eigenvalue weighted by atomic mass is 15.1. The maximum absolute atomic E-state index is 2.22. The van der Waals surface area contributed by atoms with E-state index in [1.54, 1.807) is 0 Å². The molecule has 0 radical (unpaired) electrons. The molecule has 160 valence electrons. The number of nitrogens with zero attached hydrogens (tertiary/aromatic N) is 2. The fourth-order valence-corrected chi connectivity index (χ4v) is 4.30. The fraction of sp³-hybridized carbons (Fsp3) is 0.0645. The van der Waals surface area contributed by atoms with Crippen molar-refractivity contribution in [2.24, 2.45) is 7.05 Å². The molecular formula is C31H27N2+.